The largest absolute Gasteiger partial charge is 0.383 e. The average Bonchev–Trinajstić information content (AvgIpc) is 3.15. The zero-order chi connectivity index (χ0) is 17.1. The molecule has 0 amide bonds. The molecular formula is C16H23N7O2. The number of rotatable bonds is 5. The molecular weight excluding hydrogens is 322 g/mol. The zero-order valence-corrected chi connectivity index (χ0v) is 14.5. The molecule has 1 unspecified atom stereocenters. The molecule has 25 heavy (non-hydrogen) atoms. The monoisotopic (exact) mass is 345 g/mol. The first-order valence-corrected chi connectivity index (χ1v) is 8.81. The van der Waals surface area contributed by atoms with Crippen LogP contribution in [0.25, 0.3) is 0 Å². The van der Waals surface area contributed by atoms with E-state index in [4.69, 9.17) is 14.5 Å². The van der Waals surface area contributed by atoms with E-state index in [1.165, 1.54) is 28.9 Å². The lowest BCUT2D eigenvalue weighted by Gasteiger charge is -2.32. The molecule has 4 rings (SSSR count). The Balaban J connectivity index is 1.46. The van der Waals surface area contributed by atoms with Crippen LogP contribution in [-0.4, -0.2) is 63.6 Å². The van der Waals surface area contributed by atoms with Crippen LogP contribution in [0.3, 0.4) is 0 Å². The van der Waals surface area contributed by atoms with Crippen molar-refractivity contribution in [2.45, 2.75) is 38.3 Å². The van der Waals surface area contributed by atoms with Crippen LogP contribution in [0.4, 0.5) is 5.95 Å². The van der Waals surface area contributed by atoms with E-state index < -0.39 is 0 Å². The highest BCUT2D eigenvalue weighted by molar-refractivity contribution is 5.35. The van der Waals surface area contributed by atoms with E-state index in [1.807, 2.05) is 6.20 Å². The van der Waals surface area contributed by atoms with Crippen molar-refractivity contribution in [2.24, 2.45) is 0 Å². The lowest BCUT2D eigenvalue weighted by molar-refractivity contribution is 0.0331. The predicted octanol–water partition coefficient (Wildman–Crippen LogP) is 0.566. The highest BCUT2D eigenvalue weighted by atomic mass is 16.5. The van der Waals surface area contributed by atoms with Crippen LogP contribution in [0, 0.1) is 0 Å². The molecule has 1 saturated heterocycles. The first-order chi connectivity index (χ1) is 12.3. The summed E-state index contributed by atoms with van der Waals surface area (Å²) in [5, 5.41) is 12.6. The van der Waals surface area contributed by atoms with E-state index >= 15 is 0 Å². The fourth-order valence-electron chi connectivity index (χ4n) is 3.26. The Morgan fingerprint density at radius 3 is 3.16 bits per heavy atom. The van der Waals surface area contributed by atoms with Crippen molar-refractivity contribution >= 4 is 5.95 Å². The van der Waals surface area contributed by atoms with Crippen LogP contribution in [0.5, 0.6) is 0 Å². The summed E-state index contributed by atoms with van der Waals surface area (Å²) in [6.07, 6.45) is 6.36. The second-order valence-corrected chi connectivity index (χ2v) is 6.39. The molecule has 0 radical (unpaired) electrons. The molecule has 0 saturated carbocycles. The molecule has 2 aliphatic rings. The molecule has 1 aliphatic heterocycles. The van der Waals surface area contributed by atoms with Crippen molar-refractivity contribution in [3.63, 3.8) is 0 Å². The second-order valence-electron chi connectivity index (χ2n) is 6.39. The Morgan fingerprint density at radius 2 is 2.24 bits per heavy atom. The van der Waals surface area contributed by atoms with Crippen LogP contribution in [0.2, 0.25) is 0 Å². The van der Waals surface area contributed by atoms with Crippen LogP contribution in [0.15, 0.2) is 6.20 Å². The number of aryl methyl sites for hydroxylation is 2. The summed E-state index contributed by atoms with van der Waals surface area (Å²) >= 11 is 0. The van der Waals surface area contributed by atoms with Gasteiger partial charge in [-0.25, -0.2) is 9.97 Å². The standard InChI is InChI=1S/C16H23N7O2/c1-24-8-7-23-20-15(19-21-23)14-11-22(6-9-25-14)16-17-10-12-4-2-3-5-13(12)18-16/h10,14H,2-9,11H2,1H3. The maximum atomic E-state index is 5.84. The molecule has 134 valence electrons. The van der Waals surface area contributed by atoms with Gasteiger partial charge in [0.15, 0.2) is 0 Å². The first kappa shape index (κ1) is 16.3. The maximum Gasteiger partial charge on any atom is 0.225 e. The zero-order valence-electron chi connectivity index (χ0n) is 14.5. The Labute approximate surface area is 146 Å². The van der Waals surface area contributed by atoms with Gasteiger partial charge in [-0.1, -0.05) is 0 Å². The third-order valence-electron chi connectivity index (χ3n) is 4.65. The molecule has 9 heteroatoms. The van der Waals surface area contributed by atoms with Gasteiger partial charge in [-0.15, -0.1) is 10.2 Å². The van der Waals surface area contributed by atoms with E-state index in [0.717, 1.165) is 25.3 Å². The maximum absolute atomic E-state index is 5.84. The van der Waals surface area contributed by atoms with Crippen molar-refractivity contribution < 1.29 is 9.47 Å². The highest BCUT2D eigenvalue weighted by Crippen LogP contribution is 2.24. The number of ether oxygens (including phenoxy) is 2. The Morgan fingerprint density at radius 1 is 1.32 bits per heavy atom. The lowest BCUT2D eigenvalue weighted by atomic mass is 9.98. The Kier molecular flexibility index (Phi) is 4.84. The number of methoxy groups -OCH3 is 1. The van der Waals surface area contributed by atoms with Gasteiger partial charge in [0, 0.05) is 25.5 Å². The quantitative estimate of drug-likeness (QED) is 0.777. The molecule has 9 nitrogen and oxygen atoms in total. The van der Waals surface area contributed by atoms with Crippen molar-refractivity contribution in [3.8, 4) is 0 Å². The minimum absolute atomic E-state index is 0.218. The van der Waals surface area contributed by atoms with E-state index in [2.05, 4.69) is 25.3 Å². The normalized spacial score (nSPS) is 20.5. The summed E-state index contributed by atoms with van der Waals surface area (Å²) in [5.41, 5.74) is 2.49. The summed E-state index contributed by atoms with van der Waals surface area (Å²) in [4.78, 5) is 13.1. The van der Waals surface area contributed by atoms with Gasteiger partial charge in [-0.05, 0) is 36.5 Å². The van der Waals surface area contributed by atoms with E-state index in [1.54, 1.807) is 7.11 Å². The van der Waals surface area contributed by atoms with Gasteiger partial charge in [0.05, 0.1) is 26.3 Å². The van der Waals surface area contributed by atoms with Crippen LogP contribution >= 0.6 is 0 Å². The summed E-state index contributed by atoms with van der Waals surface area (Å²) in [5.74, 6) is 1.37. The number of morpholine rings is 1. The van der Waals surface area contributed by atoms with Crippen molar-refractivity contribution in [3.05, 3.63) is 23.3 Å². The molecule has 0 bridgehead atoms. The van der Waals surface area contributed by atoms with Crippen molar-refractivity contribution in [1.82, 2.24) is 30.2 Å². The second kappa shape index (κ2) is 7.40. The molecule has 1 aliphatic carbocycles. The lowest BCUT2D eigenvalue weighted by Crippen LogP contribution is -2.40. The van der Waals surface area contributed by atoms with Crippen LogP contribution in [0.1, 0.15) is 36.0 Å². The molecule has 2 aromatic rings. The predicted molar refractivity (Wildman–Crippen MR) is 89.3 cm³/mol. The van der Waals surface area contributed by atoms with Crippen molar-refractivity contribution in [2.75, 3.05) is 38.3 Å². The third kappa shape index (κ3) is 3.62. The molecule has 0 N–H and O–H groups in total. The van der Waals surface area contributed by atoms with Gasteiger partial charge >= 0.3 is 0 Å². The van der Waals surface area contributed by atoms with Gasteiger partial charge in [0.2, 0.25) is 11.8 Å². The van der Waals surface area contributed by atoms with Gasteiger partial charge in [-0.3, -0.25) is 0 Å². The topological polar surface area (TPSA) is 91.1 Å². The number of fused-ring (bicyclic) bond motifs is 1. The third-order valence-corrected chi connectivity index (χ3v) is 4.65. The molecule has 1 fully saturated rings. The molecule has 2 aromatic heterocycles. The first-order valence-electron chi connectivity index (χ1n) is 8.81. The fraction of sp³-hybridized carbons (Fsp3) is 0.688. The fourth-order valence-corrected chi connectivity index (χ4v) is 3.26. The van der Waals surface area contributed by atoms with E-state index in [-0.39, 0.29) is 6.10 Å². The van der Waals surface area contributed by atoms with Crippen LogP contribution in [-0.2, 0) is 28.9 Å². The number of anilines is 1. The molecule has 0 aromatic carbocycles. The van der Waals surface area contributed by atoms with E-state index in [9.17, 15) is 0 Å². The Bertz CT molecular complexity index is 720. The highest BCUT2D eigenvalue weighted by Gasteiger charge is 2.27. The molecule has 0 spiro atoms. The number of tetrazole rings is 1. The number of nitrogens with zero attached hydrogens (tertiary/aromatic N) is 7. The number of hydrogen-bond donors (Lipinski definition) is 0. The van der Waals surface area contributed by atoms with Crippen LogP contribution < -0.4 is 4.90 Å². The number of aromatic nitrogens is 6. The van der Waals surface area contributed by atoms with Crippen molar-refractivity contribution in [1.29, 1.82) is 0 Å². The smallest absolute Gasteiger partial charge is 0.225 e. The summed E-state index contributed by atoms with van der Waals surface area (Å²) in [6.45, 7) is 3.13. The van der Waals surface area contributed by atoms with Gasteiger partial charge in [0.1, 0.15) is 6.10 Å². The Hall–Kier alpha value is -2.13. The van der Waals surface area contributed by atoms with Gasteiger partial charge in [0.25, 0.3) is 0 Å². The molecule has 3 heterocycles. The van der Waals surface area contributed by atoms with Gasteiger partial charge < -0.3 is 14.4 Å². The minimum Gasteiger partial charge on any atom is -0.383 e. The van der Waals surface area contributed by atoms with Gasteiger partial charge in [-0.2, -0.15) is 4.80 Å². The van der Waals surface area contributed by atoms with E-state index in [0.29, 0.717) is 32.1 Å². The summed E-state index contributed by atoms with van der Waals surface area (Å²) < 4.78 is 10.9. The SMILES string of the molecule is COCCn1nnc(C2CN(c3ncc4c(n3)CCCC4)CCO2)n1. The number of hydrogen-bond acceptors (Lipinski definition) is 8. The molecule has 1 atom stereocenters. The summed E-state index contributed by atoms with van der Waals surface area (Å²) in [7, 11) is 1.65. The minimum atomic E-state index is -0.218. The summed E-state index contributed by atoms with van der Waals surface area (Å²) in [6, 6.07) is 0. The average molecular weight is 345 g/mol.